The lowest BCUT2D eigenvalue weighted by molar-refractivity contribution is 0.0706. The van der Waals surface area contributed by atoms with Gasteiger partial charge in [0.2, 0.25) is 5.89 Å². The van der Waals surface area contributed by atoms with E-state index >= 15 is 0 Å². The van der Waals surface area contributed by atoms with Crippen LogP contribution < -0.4 is 5.48 Å². The van der Waals surface area contributed by atoms with Crippen LogP contribution in [-0.2, 0) is 5.75 Å². The highest BCUT2D eigenvalue weighted by molar-refractivity contribution is 7.98. The standard InChI is InChI=1S/C16H12FN3O3S/c17-13-7-5-12(6-8-13)15-18-19-16(23-15)24-9-10-1-3-11(4-2-10)14(21)20-22/h1-8,22H,9H2,(H,20,21). The quantitative estimate of drug-likeness (QED) is 0.419. The van der Waals surface area contributed by atoms with E-state index in [1.165, 1.54) is 23.9 Å². The molecule has 0 aliphatic heterocycles. The Morgan fingerprint density at radius 1 is 1.12 bits per heavy atom. The molecule has 0 fully saturated rings. The van der Waals surface area contributed by atoms with Crippen molar-refractivity contribution in [1.29, 1.82) is 0 Å². The van der Waals surface area contributed by atoms with Gasteiger partial charge in [0.05, 0.1) is 0 Å². The fourth-order valence-corrected chi connectivity index (χ4v) is 2.66. The summed E-state index contributed by atoms with van der Waals surface area (Å²) in [6.45, 7) is 0. The molecule has 3 rings (SSSR count). The van der Waals surface area contributed by atoms with E-state index < -0.39 is 5.91 Å². The molecule has 2 N–H and O–H groups in total. The Morgan fingerprint density at radius 3 is 2.50 bits per heavy atom. The minimum atomic E-state index is -0.560. The minimum Gasteiger partial charge on any atom is -0.411 e. The monoisotopic (exact) mass is 345 g/mol. The molecule has 2 aromatic carbocycles. The maximum atomic E-state index is 12.9. The third-order valence-corrected chi connectivity index (χ3v) is 4.07. The maximum Gasteiger partial charge on any atom is 0.277 e. The topological polar surface area (TPSA) is 88.2 Å². The van der Waals surface area contributed by atoms with Crippen molar-refractivity contribution in [2.45, 2.75) is 11.0 Å². The van der Waals surface area contributed by atoms with Crippen LogP contribution >= 0.6 is 11.8 Å². The molecule has 1 amide bonds. The third kappa shape index (κ3) is 3.79. The largest absolute Gasteiger partial charge is 0.411 e. The van der Waals surface area contributed by atoms with Crippen LogP contribution in [0.3, 0.4) is 0 Å². The van der Waals surface area contributed by atoms with Crippen LogP contribution in [0.1, 0.15) is 15.9 Å². The van der Waals surface area contributed by atoms with Crippen molar-refractivity contribution in [3.05, 3.63) is 65.5 Å². The summed E-state index contributed by atoms with van der Waals surface area (Å²) in [5.74, 6) is 0.0141. The molecule has 0 atom stereocenters. The number of nitrogens with one attached hydrogen (secondary N) is 1. The van der Waals surface area contributed by atoms with Crippen LogP contribution in [0.15, 0.2) is 58.2 Å². The second-order valence-corrected chi connectivity index (χ2v) is 5.73. The van der Waals surface area contributed by atoms with Gasteiger partial charge in [-0.1, -0.05) is 23.9 Å². The van der Waals surface area contributed by atoms with Crippen molar-refractivity contribution in [3.8, 4) is 11.5 Å². The van der Waals surface area contributed by atoms with E-state index in [0.29, 0.717) is 28.0 Å². The molecule has 0 spiro atoms. The highest BCUT2D eigenvalue weighted by Crippen LogP contribution is 2.25. The fraction of sp³-hybridized carbons (Fsp3) is 0.0625. The molecule has 0 radical (unpaired) electrons. The predicted molar refractivity (Wildman–Crippen MR) is 84.9 cm³/mol. The molecule has 0 unspecified atom stereocenters. The highest BCUT2D eigenvalue weighted by atomic mass is 32.2. The van der Waals surface area contributed by atoms with Gasteiger partial charge in [0.1, 0.15) is 5.82 Å². The third-order valence-electron chi connectivity index (χ3n) is 3.18. The summed E-state index contributed by atoms with van der Waals surface area (Å²) in [6, 6.07) is 12.6. The Balaban J connectivity index is 1.63. The summed E-state index contributed by atoms with van der Waals surface area (Å²) in [5, 5.41) is 16.8. The smallest absolute Gasteiger partial charge is 0.277 e. The first-order chi connectivity index (χ1) is 11.7. The number of rotatable bonds is 5. The van der Waals surface area contributed by atoms with Crippen molar-refractivity contribution in [3.63, 3.8) is 0 Å². The number of aromatic nitrogens is 2. The molecule has 0 saturated carbocycles. The summed E-state index contributed by atoms with van der Waals surface area (Å²) >= 11 is 1.35. The Morgan fingerprint density at radius 2 is 1.83 bits per heavy atom. The van der Waals surface area contributed by atoms with Gasteiger partial charge in [0, 0.05) is 16.9 Å². The van der Waals surface area contributed by atoms with Crippen LogP contribution in [0.2, 0.25) is 0 Å². The van der Waals surface area contributed by atoms with Gasteiger partial charge in [0.15, 0.2) is 0 Å². The first-order valence-electron chi connectivity index (χ1n) is 6.91. The van der Waals surface area contributed by atoms with E-state index in [4.69, 9.17) is 9.62 Å². The molecule has 6 nitrogen and oxygen atoms in total. The SMILES string of the molecule is O=C(NO)c1ccc(CSc2nnc(-c3ccc(F)cc3)o2)cc1. The lowest BCUT2D eigenvalue weighted by Gasteiger charge is -2.01. The van der Waals surface area contributed by atoms with Crippen LogP contribution in [0, 0.1) is 5.82 Å². The van der Waals surface area contributed by atoms with Crippen LogP contribution in [0.4, 0.5) is 4.39 Å². The first kappa shape index (κ1) is 16.2. The molecule has 0 aliphatic rings. The molecule has 1 heterocycles. The number of hydrogen-bond acceptors (Lipinski definition) is 6. The number of benzene rings is 2. The fourth-order valence-electron chi connectivity index (χ4n) is 1.94. The molecule has 24 heavy (non-hydrogen) atoms. The molecule has 0 bridgehead atoms. The van der Waals surface area contributed by atoms with Gasteiger partial charge in [-0.15, -0.1) is 10.2 Å². The van der Waals surface area contributed by atoms with E-state index in [0.717, 1.165) is 5.56 Å². The molecular weight excluding hydrogens is 333 g/mol. The molecule has 1 aromatic heterocycles. The normalized spacial score (nSPS) is 10.6. The number of hydrogen-bond donors (Lipinski definition) is 2. The van der Waals surface area contributed by atoms with Crippen LogP contribution in [0.5, 0.6) is 0 Å². The van der Waals surface area contributed by atoms with Gasteiger partial charge < -0.3 is 4.42 Å². The number of hydroxylamine groups is 1. The van der Waals surface area contributed by atoms with E-state index in [1.54, 1.807) is 41.9 Å². The van der Waals surface area contributed by atoms with Crippen molar-refractivity contribution in [2.75, 3.05) is 0 Å². The Bertz CT molecular complexity index is 835. The number of thioether (sulfide) groups is 1. The van der Waals surface area contributed by atoms with E-state index in [2.05, 4.69) is 10.2 Å². The summed E-state index contributed by atoms with van der Waals surface area (Å²) in [7, 11) is 0. The molecule has 8 heteroatoms. The van der Waals surface area contributed by atoms with Crippen LogP contribution in [0.25, 0.3) is 11.5 Å². The average Bonchev–Trinajstić information content (AvgIpc) is 3.09. The van der Waals surface area contributed by atoms with Crippen molar-refractivity contribution in [1.82, 2.24) is 15.7 Å². The van der Waals surface area contributed by atoms with Crippen molar-refractivity contribution in [2.24, 2.45) is 0 Å². The molecule has 0 saturated heterocycles. The lowest BCUT2D eigenvalue weighted by Crippen LogP contribution is -2.18. The second kappa shape index (κ2) is 7.24. The summed E-state index contributed by atoms with van der Waals surface area (Å²) in [4.78, 5) is 11.2. The Kier molecular flexibility index (Phi) is 4.88. The minimum absolute atomic E-state index is 0.326. The molecular formula is C16H12FN3O3S. The zero-order chi connectivity index (χ0) is 16.9. The average molecular weight is 345 g/mol. The summed E-state index contributed by atoms with van der Waals surface area (Å²) in [6.07, 6.45) is 0. The number of carbonyl (C=O) groups is 1. The predicted octanol–water partition coefficient (Wildman–Crippen LogP) is 3.29. The van der Waals surface area contributed by atoms with Crippen LogP contribution in [-0.4, -0.2) is 21.3 Å². The van der Waals surface area contributed by atoms with Gasteiger partial charge in [-0.2, -0.15) is 0 Å². The van der Waals surface area contributed by atoms with E-state index in [1.807, 2.05) is 0 Å². The van der Waals surface area contributed by atoms with Gasteiger partial charge in [-0.3, -0.25) is 10.0 Å². The van der Waals surface area contributed by atoms with E-state index in [9.17, 15) is 9.18 Å². The molecule has 122 valence electrons. The number of carbonyl (C=O) groups excluding carboxylic acids is 1. The highest BCUT2D eigenvalue weighted by Gasteiger charge is 2.10. The molecule has 3 aromatic rings. The van der Waals surface area contributed by atoms with Crippen molar-refractivity contribution < 1.29 is 18.8 Å². The van der Waals surface area contributed by atoms with E-state index in [-0.39, 0.29) is 5.82 Å². The lowest BCUT2D eigenvalue weighted by atomic mass is 10.1. The Labute approximate surface area is 140 Å². The van der Waals surface area contributed by atoms with Gasteiger partial charge in [-0.25, -0.2) is 9.87 Å². The number of nitrogens with zero attached hydrogens (tertiary/aromatic N) is 2. The van der Waals surface area contributed by atoms with Gasteiger partial charge in [0.25, 0.3) is 11.1 Å². The number of amides is 1. The maximum absolute atomic E-state index is 12.9. The summed E-state index contributed by atoms with van der Waals surface area (Å²) < 4.78 is 18.4. The zero-order valence-electron chi connectivity index (χ0n) is 12.3. The zero-order valence-corrected chi connectivity index (χ0v) is 13.1. The second-order valence-electron chi connectivity index (χ2n) is 4.81. The Hall–Kier alpha value is -2.71. The van der Waals surface area contributed by atoms with Crippen molar-refractivity contribution >= 4 is 17.7 Å². The molecule has 0 aliphatic carbocycles. The first-order valence-corrected chi connectivity index (χ1v) is 7.90. The van der Waals surface area contributed by atoms with Gasteiger partial charge in [-0.05, 0) is 42.0 Å². The van der Waals surface area contributed by atoms with Gasteiger partial charge >= 0.3 is 0 Å². The summed E-state index contributed by atoms with van der Waals surface area (Å²) in [5.41, 5.74) is 3.55. The number of halogens is 1.